The summed E-state index contributed by atoms with van der Waals surface area (Å²) < 4.78 is 3.19. The van der Waals surface area contributed by atoms with Crippen LogP contribution < -0.4 is 10.9 Å². The van der Waals surface area contributed by atoms with E-state index in [9.17, 15) is 9.59 Å². The zero-order valence-electron chi connectivity index (χ0n) is 17.3. The molecule has 31 heavy (non-hydrogen) atoms. The summed E-state index contributed by atoms with van der Waals surface area (Å²) in [5, 5.41) is 18.6. The van der Waals surface area contributed by atoms with Gasteiger partial charge in [0.1, 0.15) is 6.33 Å². The molecule has 160 valence electrons. The van der Waals surface area contributed by atoms with Crippen LogP contribution in [0.25, 0.3) is 10.9 Å². The molecule has 4 aromatic rings. The summed E-state index contributed by atoms with van der Waals surface area (Å²) in [6.45, 7) is 4.85. The van der Waals surface area contributed by atoms with Crippen molar-refractivity contribution in [3.05, 3.63) is 63.6 Å². The number of nitrogens with one attached hydrogen (secondary N) is 1. The lowest BCUT2D eigenvalue weighted by molar-refractivity contribution is -0.116. The first-order chi connectivity index (χ1) is 15.0. The van der Waals surface area contributed by atoms with Crippen molar-refractivity contribution >= 4 is 33.8 Å². The Labute approximate surface area is 182 Å². The molecule has 3 aromatic heterocycles. The van der Waals surface area contributed by atoms with Gasteiger partial charge in [-0.3, -0.25) is 14.2 Å². The molecule has 0 aliphatic carbocycles. The Morgan fingerprint density at radius 1 is 1.23 bits per heavy atom. The molecule has 0 saturated carbocycles. The first-order valence-electron chi connectivity index (χ1n) is 10.0. The lowest BCUT2D eigenvalue weighted by atomic mass is 10.1. The van der Waals surface area contributed by atoms with Gasteiger partial charge < -0.3 is 5.32 Å². The molecule has 3 heterocycles. The largest absolute Gasteiger partial charge is 0.326 e. The molecule has 4 rings (SSSR count). The standard InChI is InChI=1S/C21H23N7O2S/c1-14(2)5-7-27-12-22-18-4-3-16(9-17(18)21(27)30)24-20(29)10-19(15-6-8-31-11-15)28-13-23-25-26-28/h3-4,6,8-9,11-14,19H,5,7,10H2,1-2H3,(H,24,29). The number of aryl methyl sites for hydroxylation is 1. The second-order valence-electron chi connectivity index (χ2n) is 7.77. The van der Waals surface area contributed by atoms with Crippen LogP contribution in [0.3, 0.4) is 0 Å². The molecule has 0 fully saturated rings. The highest BCUT2D eigenvalue weighted by Crippen LogP contribution is 2.24. The molecule has 1 atom stereocenters. The van der Waals surface area contributed by atoms with Gasteiger partial charge >= 0.3 is 0 Å². The molecule has 1 aromatic carbocycles. The summed E-state index contributed by atoms with van der Waals surface area (Å²) in [6, 6.07) is 6.83. The Morgan fingerprint density at radius 3 is 2.81 bits per heavy atom. The highest BCUT2D eigenvalue weighted by atomic mass is 32.1. The average Bonchev–Trinajstić information content (AvgIpc) is 3.46. The Hall–Kier alpha value is -3.40. The van der Waals surface area contributed by atoms with Crippen LogP contribution >= 0.6 is 11.3 Å². The number of nitrogens with zero attached hydrogens (tertiary/aromatic N) is 6. The lowest BCUT2D eigenvalue weighted by Crippen LogP contribution is -2.22. The fraction of sp³-hybridized carbons (Fsp3) is 0.333. The highest BCUT2D eigenvalue weighted by molar-refractivity contribution is 7.08. The van der Waals surface area contributed by atoms with Crippen LogP contribution in [-0.2, 0) is 11.3 Å². The van der Waals surface area contributed by atoms with Crippen molar-refractivity contribution in [2.75, 3.05) is 5.32 Å². The third-order valence-electron chi connectivity index (χ3n) is 5.05. The number of hydrogen-bond donors (Lipinski definition) is 1. The van der Waals surface area contributed by atoms with Gasteiger partial charge in [-0.1, -0.05) is 13.8 Å². The summed E-state index contributed by atoms with van der Waals surface area (Å²) in [7, 11) is 0. The van der Waals surface area contributed by atoms with Crippen LogP contribution in [0.2, 0.25) is 0 Å². The van der Waals surface area contributed by atoms with E-state index >= 15 is 0 Å². The van der Waals surface area contributed by atoms with Crippen molar-refractivity contribution in [1.82, 2.24) is 29.8 Å². The van der Waals surface area contributed by atoms with Gasteiger partial charge in [-0.15, -0.1) is 5.10 Å². The fourth-order valence-corrected chi connectivity index (χ4v) is 4.03. The number of carbonyl (C=O) groups excluding carboxylic acids is 1. The predicted molar refractivity (Wildman–Crippen MR) is 119 cm³/mol. The van der Waals surface area contributed by atoms with E-state index in [4.69, 9.17) is 0 Å². The molecule has 0 bridgehead atoms. The number of anilines is 1. The zero-order chi connectivity index (χ0) is 21.8. The van der Waals surface area contributed by atoms with E-state index in [-0.39, 0.29) is 23.9 Å². The van der Waals surface area contributed by atoms with Crippen LogP contribution in [0.5, 0.6) is 0 Å². The minimum Gasteiger partial charge on any atom is -0.326 e. The van der Waals surface area contributed by atoms with Gasteiger partial charge in [-0.25, -0.2) is 9.67 Å². The van der Waals surface area contributed by atoms with Crippen molar-refractivity contribution in [3.63, 3.8) is 0 Å². The Kier molecular flexibility index (Phi) is 6.17. The number of amides is 1. The van der Waals surface area contributed by atoms with Crippen molar-refractivity contribution in [3.8, 4) is 0 Å². The van der Waals surface area contributed by atoms with Gasteiger partial charge in [-0.05, 0) is 63.4 Å². The van der Waals surface area contributed by atoms with Crippen LogP contribution in [0.15, 0.2) is 52.5 Å². The predicted octanol–water partition coefficient (Wildman–Crippen LogP) is 3.11. The number of tetrazole rings is 1. The number of rotatable bonds is 8. The van der Waals surface area contributed by atoms with Crippen LogP contribution in [-0.4, -0.2) is 35.7 Å². The van der Waals surface area contributed by atoms with Crippen LogP contribution in [0.1, 0.15) is 38.3 Å². The number of thiophene rings is 1. The molecule has 0 spiro atoms. The number of carbonyl (C=O) groups is 1. The van der Waals surface area contributed by atoms with Gasteiger partial charge in [0, 0.05) is 12.2 Å². The summed E-state index contributed by atoms with van der Waals surface area (Å²) in [6.07, 6.45) is 4.13. The van der Waals surface area contributed by atoms with Gasteiger partial charge in [0.05, 0.1) is 29.7 Å². The average molecular weight is 438 g/mol. The van der Waals surface area contributed by atoms with Gasteiger partial charge in [0.25, 0.3) is 5.56 Å². The van der Waals surface area contributed by atoms with E-state index < -0.39 is 0 Å². The fourth-order valence-electron chi connectivity index (χ4n) is 3.32. The van der Waals surface area contributed by atoms with Crippen LogP contribution in [0, 0.1) is 5.92 Å². The smallest absolute Gasteiger partial charge is 0.261 e. The Bertz CT molecular complexity index is 1180. The highest BCUT2D eigenvalue weighted by Gasteiger charge is 2.20. The van der Waals surface area contributed by atoms with Gasteiger partial charge in [-0.2, -0.15) is 11.3 Å². The van der Waals surface area contributed by atoms with Crippen LogP contribution in [0.4, 0.5) is 5.69 Å². The molecule has 1 amide bonds. The quantitative estimate of drug-likeness (QED) is 0.454. The van der Waals surface area contributed by atoms with E-state index in [2.05, 4.69) is 39.7 Å². The Balaban J connectivity index is 1.54. The third-order valence-corrected chi connectivity index (χ3v) is 5.75. The molecule has 0 saturated heterocycles. The summed E-state index contributed by atoms with van der Waals surface area (Å²) in [5.41, 5.74) is 2.02. The molecule has 1 unspecified atom stereocenters. The number of fused-ring (bicyclic) bond motifs is 1. The summed E-state index contributed by atoms with van der Waals surface area (Å²) in [5.74, 6) is 0.291. The van der Waals surface area contributed by atoms with E-state index in [0.717, 1.165) is 12.0 Å². The molecule has 1 N–H and O–H groups in total. The molecule has 0 aliphatic rings. The van der Waals surface area contributed by atoms with E-state index in [0.29, 0.717) is 29.1 Å². The third kappa shape index (κ3) is 4.85. The summed E-state index contributed by atoms with van der Waals surface area (Å²) >= 11 is 1.55. The first kappa shape index (κ1) is 20.9. The number of hydrogen-bond acceptors (Lipinski definition) is 7. The minimum atomic E-state index is -0.309. The van der Waals surface area contributed by atoms with Gasteiger partial charge in [0.15, 0.2) is 0 Å². The van der Waals surface area contributed by atoms with E-state index in [1.54, 1.807) is 45.1 Å². The monoisotopic (exact) mass is 437 g/mol. The molecule has 10 heteroatoms. The van der Waals surface area contributed by atoms with Gasteiger partial charge in [0.2, 0.25) is 5.91 Å². The summed E-state index contributed by atoms with van der Waals surface area (Å²) in [4.78, 5) is 30.0. The zero-order valence-corrected chi connectivity index (χ0v) is 18.1. The maximum Gasteiger partial charge on any atom is 0.261 e. The normalized spacial score (nSPS) is 12.4. The maximum absolute atomic E-state index is 12.9. The topological polar surface area (TPSA) is 108 Å². The molecular weight excluding hydrogens is 414 g/mol. The van der Waals surface area contributed by atoms with E-state index in [1.807, 2.05) is 16.8 Å². The molecular formula is C21H23N7O2S. The minimum absolute atomic E-state index is 0.105. The molecule has 0 radical (unpaired) electrons. The van der Waals surface area contributed by atoms with Crippen molar-refractivity contribution < 1.29 is 4.79 Å². The number of benzene rings is 1. The van der Waals surface area contributed by atoms with Crippen molar-refractivity contribution in [1.29, 1.82) is 0 Å². The molecule has 0 aliphatic heterocycles. The number of aromatic nitrogens is 6. The van der Waals surface area contributed by atoms with E-state index in [1.165, 1.54) is 6.33 Å². The lowest BCUT2D eigenvalue weighted by Gasteiger charge is -2.15. The van der Waals surface area contributed by atoms with Crippen molar-refractivity contribution in [2.24, 2.45) is 5.92 Å². The first-order valence-corrected chi connectivity index (χ1v) is 11.0. The van der Waals surface area contributed by atoms with Crippen molar-refractivity contribution in [2.45, 2.75) is 39.3 Å². The SMILES string of the molecule is CC(C)CCn1cnc2ccc(NC(=O)CC(c3ccsc3)n3cnnn3)cc2c1=O. The maximum atomic E-state index is 12.9. The second kappa shape index (κ2) is 9.17. The molecule has 9 nitrogen and oxygen atoms in total. The Morgan fingerprint density at radius 2 is 2.10 bits per heavy atom. The second-order valence-corrected chi connectivity index (χ2v) is 8.55.